The SMILES string of the molecule is Cc1cc(NC(=O)c2cc(S(N)(=O)=O)cs2)no1. The lowest BCUT2D eigenvalue weighted by atomic mass is 10.4. The van der Waals surface area contributed by atoms with Crippen LogP contribution in [0.3, 0.4) is 0 Å². The predicted molar refractivity (Wildman–Crippen MR) is 64.9 cm³/mol. The molecule has 0 aliphatic heterocycles. The summed E-state index contributed by atoms with van der Waals surface area (Å²) in [7, 11) is -3.79. The summed E-state index contributed by atoms with van der Waals surface area (Å²) in [6, 6.07) is 2.76. The van der Waals surface area contributed by atoms with E-state index in [1.54, 1.807) is 13.0 Å². The number of hydrogen-bond donors (Lipinski definition) is 2. The zero-order chi connectivity index (χ0) is 13.3. The number of anilines is 1. The van der Waals surface area contributed by atoms with Crippen LogP contribution in [0.5, 0.6) is 0 Å². The molecule has 0 radical (unpaired) electrons. The van der Waals surface area contributed by atoms with Crippen molar-refractivity contribution < 1.29 is 17.7 Å². The number of primary sulfonamides is 1. The molecule has 0 aromatic carbocycles. The molecule has 9 heteroatoms. The number of nitrogens with one attached hydrogen (secondary N) is 1. The Bertz CT molecular complexity index is 686. The van der Waals surface area contributed by atoms with Crippen LogP contribution < -0.4 is 10.5 Å². The number of carbonyl (C=O) groups excluding carboxylic acids is 1. The molecule has 7 nitrogen and oxygen atoms in total. The highest BCUT2D eigenvalue weighted by Gasteiger charge is 2.16. The van der Waals surface area contributed by atoms with Gasteiger partial charge in [-0.1, -0.05) is 5.16 Å². The molecule has 0 fully saturated rings. The average molecular weight is 287 g/mol. The summed E-state index contributed by atoms with van der Waals surface area (Å²) in [6.07, 6.45) is 0. The quantitative estimate of drug-likeness (QED) is 0.871. The number of rotatable bonds is 3. The fourth-order valence-corrected chi connectivity index (χ4v) is 2.89. The van der Waals surface area contributed by atoms with Crippen LogP contribution in [0, 0.1) is 6.92 Å². The lowest BCUT2D eigenvalue weighted by Gasteiger charge is -1.96. The maximum absolute atomic E-state index is 11.7. The minimum Gasteiger partial charge on any atom is -0.360 e. The largest absolute Gasteiger partial charge is 0.360 e. The number of sulfonamides is 1. The number of aromatic nitrogens is 1. The molecule has 1 amide bonds. The molecule has 2 aromatic heterocycles. The lowest BCUT2D eigenvalue weighted by molar-refractivity contribution is 0.102. The molecular weight excluding hydrogens is 278 g/mol. The molecule has 0 unspecified atom stereocenters. The molecule has 0 saturated heterocycles. The topological polar surface area (TPSA) is 115 Å². The van der Waals surface area contributed by atoms with Gasteiger partial charge in [0.1, 0.15) is 5.76 Å². The standard InChI is InChI=1S/C9H9N3O4S2/c1-5-2-8(12-16-5)11-9(13)7-3-6(4-17-7)18(10,14)15/h2-4H,1H3,(H2,10,14,15)(H,11,12,13). The van der Waals surface area contributed by atoms with Crippen molar-refractivity contribution in [2.45, 2.75) is 11.8 Å². The van der Waals surface area contributed by atoms with E-state index in [4.69, 9.17) is 9.66 Å². The van der Waals surface area contributed by atoms with Gasteiger partial charge in [0.05, 0.1) is 9.77 Å². The molecule has 0 aliphatic rings. The zero-order valence-electron chi connectivity index (χ0n) is 9.21. The van der Waals surface area contributed by atoms with Crippen molar-refractivity contribution in [3.63, 3.8) is 0 Å². The van der Waals surface area contributed by atoms with E-state index >= 15 is 0 Å². The van der Waals surface area contributed by atoms with Crippen LogP contribution in [0.15, 0.2) is 26.9 Å². The van der Waals surface area contributed by atoms with Crippen LogP contribution in [0.2, 0.25) is 0 Å². The van der Waals surface area contributed by atoms with E-state index in [2.05, 4.69) is 10.5 Å². The Morgan fingerprint density at radius 2 is 2.22 bits per heavy atom. The van der Waals surface area contributed by atoms with E-state index in [1.165, 1.54) is 11.4 Å². The van der Waals surface area contributed by atoms with Crippen molar-refractivity contribution >= 4 is 33.1 Å². The minimum absolute atomic E-state index is 0.0889. The van der Waals surface area contributed by atoms with Crippen molar-refractivity contribution in [1.29, 1.82) is 0 Å². The number of amides is 1. The third-order valence-electron chi connectivity index (χ3n) is 2.00. The molecule has 0 bridgehead atoms. The summed E-state index contributed by atoms with van der Waals surface area (Å²) in [5.74, 6) is 0.355. The van der Waals surface area contributed by atoms with Gasteiger partial charge in [-0.15, -0.1) is 11.3 Å². The number of carbonyl (C=O) groups is 1. The second-order valence-corrected chi connectivity index (χ2v) is 5.94. The van der Waals surface area contributed by atoms with Gasteiger partial charge in [-0.2, -0.15) is 0 Å². The average Bonchev–Trinajstić information content (AvgIpc) is 2.85. The fourth-order valence-electron chi connectivity index (χ4n) is 1.19. The van der Waals surface area contributed by atoms with Crippen LogP contribution in [0.4, 0.5) is 5.82 Å². The van der Waals surface area contributed by atoms with Crippen LogP contribution in [-0.4, -0.2) is 19.5 Å². The second-order valence-electron chi connectivity index (χ2n) is 3.47. The molecule has 2 heterocycles. The lowest BCUT2D eigenvalue weighted by Crippen LogP contribution is -2.12. The van der Waals surface area contributed by atoms with Crippen molar-refractivity contribution in [3.05, 3.63) is 28.2 Å². The molecule has 18 heavy (non-hydrogen) atoms. The fraction of sp³-hybridized carbons (Fsp3) is 0.111. The first-order valence-corrected chi connectivity index (χ1v) is 7.15. The Morgan fingerprint density at radius 1 is 1.50 bits per heavy atom. The van der Waals surface area contributed by atoms with Gasteiger partial charge in [0.25, 0.3) is 5.91 Å². The van der Waals surface area contributed by atoms with E-state index in [9.17, 15) is 13.2 Å². The summed E-state index contributed by atoms with van der Waals surface area (Å²) in [6.45, 7) is 1.69. The summed E-state index contributed by atoms with van der Waals surface area (Å²) in [4.78, 5) is 11.9. The molecule has 3 N–H and O–H groups in total. The molecule has 2 aromatic rings. The molecule has 96 valence electrons. The van der Waals surface area contributed by atoms with Crippen molar-refractivity contribution in [3.8, 4) is 0 Å². The van der Waals surface area contributed by atoms with Gasteiger partial charge < -0.3 is 9.84 Å². The second kappa shape index (κ2) is 4.52. The number of nitrogens with zero attached hydrogens (tertiary/aromatic N) is 1. The van der Waals surface area contributed by atoms with E-state index in [1.807, 2.05) is 0 Å². The summed E-state index contributed by atoms with van der Waals surface area (Å²) < 4.78 is 26.9. The van der Waals surface area contributed by atoms with Crippen LogP contribution in [-0.2, 0) is 10.0 Å². The minimum atomic E-state index is -3.79. The molecule has 0 spiro atoms. The first-order valence-electron chi connectivity index (χ1n) is 4.72. The van der Waals surface area contributed by atoms with E-state index in [0.717, 1.165) is 11.3 Å². The molecular formula is C9H9N3O4S2. The van der Waals surface area contributed by atoms with Crippen molar-refractivity contribution in [1.82, 2.24) is 5.16 Å². The summed E-state index contributed by atoms with van der Waals surface area (Å²) in [5, 5.41) is 12.3. The maximum atomic E-state index is 11.7. The number of nitrogens with two attached hydrogens (primary N) is 1. The van der Waals surface area contributed by atoms with Gasteiger partial charge in [-0.05, 0) is 13.0 Å². The van der Waals surface area contributed by atoms with Crippen LogP contribution >= 0.6 is 11.3 Å². The zero-order valence-corrected chi connectivity index (χ0v) is 10.8. The van der Waals surface area contributed by atoms with Gasteiger partial charge in [0.2, 0.25) is 10.0 Å². The van der Waals surface area contributed by atoms with Crippen molar-refractivity contribution in [2.24, 2.45) is 5.14 Å². The molecule has 0 saturated carbocycles. The summed E-state index contributed by atoms with van der Waals surface area (Å²) >= 11 is 0.981. The first-order chi connectivity index (χ1) is 8.36. The Labute approximate surface area is 107 Å². The van der Waals surface area contributed by atoms with Gasteiger partial charge >= 0.3 is 0 Å². The number of thiophene rings is 1. The van der Waals surface area contributed by atoms with E-state index in [-0.39, 0.29) is 15.6 Å². The van der Waals surface area contributed by atoms with Gasteiger partial charge in [0, 0.05) is 11.4 Å². The van der Waals surface area contributed by atoms with Crippen LogP contribution in [0.25, 0.3) is 0 Å². The first kappa shape index (κ1) is 12.7. The summed E-state index contributed by atoms with van der Waals surface area (Å²) in [5.41, 5.74) is 0. The number of aryl methyl sites for hydroxylation is 1. The monoisotopic (exact) mass is 287 g/mol. The van der Waals surface area contributed by atoms with Crippen LogP contribution in [0.1, 0.15) is 15.4 Å². The Kier molecular flexibility index (Phi) is 3.20. The number of hydrogen-bond acceptors (Lipinski definition) is 6. The van der Waals surface area contributed by atoms with Gasteiger partial charge in [0.15, 0.2) is 5.82 Å². The normalized spacial score (nSPS) is 11.4. The van der Waals surface area contributed by atoms with Gasteiger partial charge in [-0.3, -0.25) is 4.79 Å². The highest BCUT2D eigenvalue weighted by atomic mass is 32.2. The van der Waals surface area contributed by atoms with Crippen molar-refractivity contribution in [2.75, 3.05) is 5.32 Å². The Hall–Kier alpha value is -1.71. The predicted octanol–water partition coefficient (Wildman–Crippen LogP) is 0.944. The molecule has 0 aliphatic carbocycles. The highest BCUT2D eigenvalue weighted by Crippen LogP contribution is 2.19. The Morgan fingerprint density at radius 3 is 2.72 bits per heavy atom. The molecule has 2 rings (SSSR count). The highest BCUT2D eigenvalue weighted by molar-refractivity contribution is 7.89. The third-order valence-corrected chi connectivity index (χ3v) is 3.97. The molecule has 0 atom stereocenters. The maximum Gasteiger partial charge on any atom is 0.267 e. The Balaban J connectivity index is 2.17. The van der Waals surface area contributed by atoms with E-state index < -0.39 is 15.9 Å². The smallest absolute Gasteiger partial charge is 0.267 e. The third kappa shape index (κ3) is 2.75. The van der Waals surface area contributed by atoms with Gasteiger partial charge in [-0.25, -0.2) is 13.6 Å². The van der Waals surface area contributed by atoms with E-state index in [0.29, 0.717) is 5.76 Å².